The van der Waals surface area contributed by atoms with Crippen molar-refractivity contribution in [3.8, 4) is 0 Å². The van der Waals surface area contributed by atoms with Crippen LogP contribution >= 0.6 is 0 Å². The highest BCUT2D eigenvalue weighted by atomic mass is 16.7. The largest absolute Gasteiger partial charge is 0.382 e. The number of rotatable bonds is 5. The maximum absolute atomic E-state index is 5.60. The summed E-state index contributed by atoms with van der Waals surface area (Å²) in [5.41, 5.74) is 3.67. The Hall–Kier alpha value is -1.88. The molecule has 0 amide bonds. The summed E-state index contributed by atoms with van der Waals surface area (Å²) in [4.78, 5) is 2.55. The van der Waals surface area contributed by atoms with Gasteiger partial charge in [0.2, 0.25) is 0 Å². The summed E-state index contributed by atoms with van der Waals surface area (Å²) in [5.74, 6) is 0. The number of ether oxygens (including phenoxy) is 2. The zero-order valence-electron chi connectivity index (χ0n) is 14.6. The number of benzene rings is 2. The first kappa shape index (κ1) is 16.6. The van der Waals surface area contributed by atoms with Crippen LogP contribution in [0, 0.1) is 0 Å². The fraction of sp³-hybridized carbons (Fsp3) is 0.429. The van der Waals surface area contributed by atoms with Gasteiger partial charge in [-0.1, -0.05) is 42.5 Å². The van der Waals surface area contributed by atoms with Crippen LogP contribution in [-0.2, 0) is 16.0 Å². The maximum Gasteiger partial charge on any atom is 0.184 e. The third kappa shape index (κ3) is 4.40. The topological polar surface area (TPSA) is 33.7 Å². The number of nitrogens with zero attached hydrogens (tertiary/aromatic N) is 1. The number of hydrogen-bond donors (Lipinski definition) is 1. The second kappa shape index (κ2) is 8.00. The molecule has 4 nitrogen and oxygen atoms in total. The third-order valence-electron chi connectivity index (χ3n) is 4.99. The van der Waals surface area contributed by atoms with Crippen molar-refractivity contribution in [2.24, 2.45) is 0 Å². The Kier molecular flexibility index (Phi) is 5.31. The average molecular weight is 338 g/mol. The van der Waals surface area contributed by atoms with E-state index >= 15 is 0 Å². The zero-order chi connectivity index (χ0) is 16.9. The van der Waals surface area contributed by atoms with Gasteiger partial charge >= 0.3 is 0 Å². The molecule has 2 fully saturated rings. The molecule has 4 heteroatoms. The van der Waals surface area contributed by atoms with Crippen molar-refractivity contribution in [3.63, 3.8) is 0 Å². The number of piperidine rings is 1. The first-order valence-corrected chi connectivity index (χ1v) is 9.23. The lowest BCUT2D eigenvalue weighted by Gasteiger charge is -2.33. The van der Waals surface area contributed by atoms with Crippen LogP contribution < -0.4 is 5.32 Å². The molecule has 0 radical (unpaired) electrons. The van der Waals surface area contributed by atoms with Gasteiger partial charge in [-0.3, -0.25) is 4.90 Å². The molecule has 0 atom stereocenters. The van der Waals surface area contributed by atoms with Gasteiger partial charge in [-0.05, 0) is 30.5 Å². The number of hydrogen-bond acceptors (Lipinski definition) is 4. The standard InChI is InChI=1S/C21H26N2O2/c1-2-5-17(6-3-1)16-23-11-9-19(10-12-23)22-20-8-4-7-18(15-20)21-24-13-14-25-21/h1-8,15,19,21-22H,9-14,16H2. The quantitative estimate of drug-likeness (QED) is 0.899. The van der Waals surface area contributed by atoms with E-state index in [2.05, 4.69) is 64.8 Å². The molecule has 1 N–H and O–H groups in total. The van der Waals surface area contributed by atoms with Gasteiger partial charge in [0.15, 0.2) is 6.29 Å². The van der Waals surface area contributed by atoms with Crippen molar-refractivity contribution < 1.29 is 9.47 Å². The molecule has 2 aliphatic rings. The number of likely N-dealkylation sites (tertiary alicyclic amines) is 1. The van der Waals surface area contributed by atoms with E-state index in [-0.39, 0.29) is 6.29 Å². The summed E-state index contributed by atoms with van der Waals surface area (Å²) in [6, 6.07) is 19.7. The predicted octanol–water partition coefficient (Wildman–Crippen LogP) is 3.81. The summed E-state index contributed by atoms with van der Waals surface area (Å²) in [6.07, 6.45) is 2.15. The molecule has 0 bridgehead atoms. The highest BCUT2D eigenvalue weighted by Gasteiger charge is 2.21. The highest BCUT2D eigenvalue weighted by molar-refractivity contribution is 5.47. The Morgan fingerprint density at radius 1 is 0.920 bits per heavy atom. The monoisotopic (exact) mass is 338 g/mol. The van der Waals surface area contributed by atoms with E-state index in [4.69, 9.17) is 9.47 Å². The maximum atomic E-state index is 5.60. The fourth-order valence-electron chi connectivity index (χ4n) is 3.64. The van der Waals surface area contributed by atoms with Crippen molar-refractivity contribution >= 4 is 5.69 Å². The van der Waals surface area contributed by atoms with Crippen LogP contribution in [0.15, 0.2) is 54.6 Å². The van der Waals surface area contributed by atoms with Gasteiger partial charge in [0.1, 0.15) is 0 Å². The van der Waals surface area contributed by atoms with E-state index in [1.165, 1.54) is 18.4 Å². The van der Waals surface area contributed by atoms with Crippen molar-refractivity contribution in [2.45, 2.75) is 31.7 Å². The van der Waals surface area contributed by atoms with E-state index in [0.29, 0.717) is 19.3 Å². The molecular weight excluding hydrogens is 312 g/mol. The number of anilines is 1. The Balaban J connectivity index is 1.29. The second-order valence-corrected chi connectivity index (χ2v) is 6.88. The Bertz CT molecular complexity index is 663. The molecule has 2 saturated heterocycles. The lowest BCUT2D eigenvalue weighted by molar-refractivity contribution is -0.0440. The Morgan fingerprint density at radius 3 is 2.44 bits per heavy atom. The summed E-state index contributed by atoms with van der Waals surface area (Å²) in [6.45, 7) is 4.70. The minimum absolute atomic E-state index is 0.200. The van der Waals surface area contributed by atoms with Crippen LogP contribution in [-0.4, -0.2) is 37.2 Å². The van der Waals surface area contributed by atoms with Gasteiger partial charge in [-0.15, -0.1) is 0 Å². The minimum Gasteiger partial charge on any atom is -0.382 e. The molecule has 0 aliphatic carbocycles. The second-order valence-electron chi connectivity index (χ2n) is 6.88. The van der Waals surface area contributed by atoms with Crippen LogP contribution in [0.5, 0.6) is 0 Å². The summed E-state index contributed by atoms with van der Waals surface area (Å²) in [5, 5.41) is 3.69. The zero-order valence-corrected chi connectivity index (χ0v) is 14.6. The van der Waals surface area contributed by atoms with E-state index in [1.807, 2.05) is 0 Å². The molecule has 132 valence electrons. The van der Waals surface area contributed by atoms with Gasteiger partial charge in [-0.2, -0.15) is 0 Å². The summed E-state index contributed by atoms with van der Waals surface area (Å²) >= 11 is 0. The lowest BCUT2D eigenvalue weighted by atomic mass is 10.0. The first-order valence-electron chi connectivity index (χ1n) is 9.23. The lowest BCUT2D eigenvalue weighted by Crippen LogP contribution is -2.38. The highest BCUT2D eigenvalue weighted by Crippen LogP contribution is 2.26. The van der Waals surface area contributed by atoms with E-state index in [0.717, 1.165) is 30.9 Å². The smallest absolute Gasteiger partial charge is 0.184 e. The van der Waals surface area contributed by atoms with Gasteiger partial charge in [-0.25, -0.2) is 0 Å². The Morgan fingerprint density at radius 2 is 1.68 bits per heavy atom. The molecule has 4 rings (SSSR count). The SMILES string of the molecule is c1ccc(CN2CCC(Nc3cccc(C4OCCO4)c3)CC2)cc1. The average Bonchev–Trinajstić information content (AvgIpc) is 3.19. The fourth-order valence-corrected chi connectivity index (χ4v) is 3.64. The van der Waals surface area contributed by atoms with Crippen molar-refractivity contribution in [3.05, 3.63) is 65.7 Å². The molecular formula is C21H26N2O2. The van der Waals surface area contributed by atoms with Crippen LogP contribution in [0.1, 0.15) is 30.3 Å². The first-order chi connectivity index (χ1) is 12.4. The van der Waals surface area contributed by atoms with Crippen molar-refractivity contribution in [2.75, 3.05) is 31.6 Å². The molecule has 2 aromatic carbocycles. The van der Waals surface area contributed by atoms with Crippen LogP contribution in [0.4, 0.5) is 5.69 Å². The molecule has 0 aromatic heterocycles. The molecule has 0 unspecified atom stereocenters. The predicted molar refractivity (Wildman–Crippen MR) is 99.5 cm³/mol. The van der Waals surface area contributed by atoms with Gasteiger partial charge in [0.05, 0.1) is 13.2 Å². The van der Waals surface area contributed by atoms with Crippen molar-refractivity contribution in [1.82, 2.24) is 4.90 Å². The van der Waals surface area contributed by atoms with E-state index in [9.17, 15) is 0 Å². The summed E-state index contributed by atoms with van der Waals surface area (Å²) in [7, 11) is 0. The molecule has 2 aromatic rings. The normalized spacial score (nSPS) is 20.0. The summed E-state index contributed by atoms with van der Waals surface area (Å²) < 4.78 is 11.2. The van der Waals surface area contributed by atoms with Crippen LogP contribution in [0.2, 0.25) is 0 Å². The van der Waals surface area contributed by atoms with Crippen molar-refractivity contribution in [1.29, 1.82) is 0 Å². The van der Waals surface area contributed by atoms with Crippen LogP contribution in [0.3, 0.4) is 0 Å². The molecule has 2 aliphatic heterocycles. The van der Waals surface area contributed by atoms with Crippen LogP contribution in [0.25, 0.3) is 0 Å². The number of nitrogens with one attached hydrogen (secondary N) is 1. The third-order valence-corrected chi connectivity index (χ3v) is 4.99. The van der Waals surface area contributed by atoms with Gasteiger partial charge in [0.25, 0.3) is 0 Å². The molecule has 0 spiro atoms. The van der Waals surface area contributed by atoms with Gasteiger partial charge in [0, 0.05) is 36.9 Å². The van der Waals surface area contributed by atoms with E-state index in [1.54, 1.807) is 0 Å². The minimum atomic E-state index is -0.200. The van der Waals surface area contributed by atoms with Gasteiger partial charge < -0.3 is 14.8 Å². The molecule has 2 heterocycles. The Labute approximate surface area is 149 Å². The van der Waals surface area contributed by atoms with E-state index < -0.39 is 0 Å². The molecule has 25 heavy (non-hydrogen) atoms. The molecule has 0 saturated carbocycles.